The van der Waals surface area contributed by atoms with Crippen LogP contribution >= 0.6 is 0 Å². The quantitative estimate of drug-likeness (QED) is 0.744. The third-order valence-corrected chi connectivity index (χ3v) is 3.64. The molecule has 2 atom stereocenters. The van der Waals surface area contributed by atoms with Crippen molar-refractivity contribution in [3.63, 3.8) is 0 Å². The van der Waals surface area contributed by atoms with Crippen molar-refractivity contribution in [3.8, 4) is 0 Å². The van der Waals surface area contributed by atoms with E-state index in [-0.39, 0.29) is 17.7 Å². The molecule has 5 nitrogen and oxygen atoms in total. The molecule has 1 fully saturated rings. The lowest BCUT2D eigenvalue weighted by Crippen LogP contribution is -2.44. The third-order valence-electron chi connectivity index (χ3n) is 3.64. The number of hydrogen-bond donors (Lipinski definition) is 2. The Bertz CT molecular complexity index is 294. The molecule has 3 N–H and O–H groups in total. The van der Waals surface area contributed by atoms with Gasteiger partial charge >= 0.3 is 0 Å². The average molecular weight is 255 g/mol. The second-order valence-corrected chi connectivity index (χ2v) is 5.17. The molecule has 0 aliphatic carbocycles. The minimum Gasteiger partial charge on any atom is -0.359 e. The molecule has 104 valence electrons. The topological polar surface area (TPSA) is 75.4 Å². The van der Waals surface area contributed by atoms with Gasteiger partial charge in [-0.1, -0.05) is 6.92 Å². The molecule has 0 aromatic carbocycles. The van der Waals surface area contributed by atoms with Gasteiger partial charge in [0.1, 0.15) is 0 Å². The van der Waals surface area contributed by atoms with E-state index in [2.05, 4.69) is 12.2 Å². The number of amides is 2. The zero-order valence-corrected chi connectivity index (χ0v) is 11.4. The van der Waals surface area contributed by atoms with Crippen LogP contribution in [0.2, 0.25) is 0 Å². The molecule has 0 aromatic heterocycles. The fourth-order valence-corrected chi connectivity index (χ4v) is 2.27. The minimum atomic E-state index is -0.0420. The SMILES string of the molecule is CNC(=O)C1CCCN(C(=O)CCC(C)CN)C1. The molecule has 0 radical (unpaired) electrons. The summed E-state index contributed by atoms with van der Waals surface area (Å²) in [5, 5.41) is 2.66. The first-order valence-electron chi connectivity index (χ1n) is 6.78. The smallest absolute Gasteiger partial charge is 0.224 e. The van der Waals surface area contributed by atoms with Gasteiger partial charge in [0.25, 0.3) is 0 Å². The Kier molecular flexibility index (Phi) is 6.12. The van der Waals surface area contributed by atoms with Crippen LogP contribution in [0, 0.1) is 11.8 Å². The van der Waals surface area contributed by atoms with Gasteiger partial charge in [0, 0.05) is 26.6 Å². The molecule has 2 amide bonds. The van der Waals surface area contributed by atoms with Gasteiger partial charge < -0.3 is 16.0 Å². The van der Waals surface area contributed by atoms with Crippen LogP contribution in [0.15, 0.2) is 0 Å². The normalized spacial score (nSPS) is 21.5. The van der Waals surface area contributed by atoms with Crippen LogP contribution in [-0.2, 0) is 9.59 Å². The van der Waals surface area contributed by atoms with Crippen LogP contribution in [0.1, 0.15) is 32.6 Å². The summed E-state index contributed by atoms with van der Waals surface area (Å²) in [6.07, 6.45) is 3.16. The Morgan fingerprint density at radius 1 is 1.50 bits per heavy atom. The Morgan fingerprint density at radius 3 is 2.83 bits per heavy atom. The average Bonchev–Trinajstić information content (AvgIpc) is 2.43. The summed E-state index contributed by atoms with van der Waals surface area (Å²) in [4.78, 5) is 25.4. The second-order valence-electron chi connectivity index (χ2n) is 5.17. The zero-order chi connectivity index (χ0) is 13.5. The number of carbonyl (C=O) groups is 2. The van der Waals surface area contributed by atoms with Crippen LogP contribution in [0.3, 0.4) is 0 Å². The predicted molar refractivity (Wildman–Crippen MR) is 70.8 cm³/mol. The van der Waals surface area contributed by atoms with Gasteiger partial charge in [0.15, 0.2) is 0 Å². The molecule has 1 aliphatic heterocycles. The van der Waals surface area contributed by atoms with E-state index < -0.39 is 0 Å². The van der Waals surface area contributed by atoms with Crippen molar-refractivity contribution in [1.29, 1.82) is 0 Å². The Balaban J connectivity index is 2.41. The van der Waals surface area contributed by atoms with E-state index in [0.29, 0.717) is 25.4 Å². The number of nitrogens with one attached hydrogen (secondary N) is 1. The third kappa shape index (κ3) is 4.29. The molecule has 1 rings (SSSR count). The summed E-state index contributed by atoms with van der Waals surface area (Å²) in [5.74, 6) is 0.542. The molecule has 1 heterocycles. The number of nitrogens with zero attached hydrogens (tertiary/aromatic N) is 1. The van der Waals surface area contributed by atoms with Gasteiger partial charge in [-0.2, -0.15) is 0 Å². The highest BCUT2D eigenvalue weighted by molar-refractivity contribution is 5.81. The van der Waals surface area contributed by atoms with E-state index in [1.807, 2.05) is 4.90 Å². The van der Waals surface area contributed by atoms with Gasteiger partial charge in [-0.3, -0.25) is 9.59 Å². The van der Waals surface area contributed by atoms with Crippen molar-refractivity contribution in [1.82, 2.24) is 10.2 Å². The molecular formula is C13H25N3O2. The Hall–Kier alpha value is -1.10. The van der Waals surface area contributed by atoms with E-state index >= 15 is 0 Å². The van der Waals surface area contributed by atoms with Crippen LogP contribution in [0.4, 0.5) is 0 Å². The predicted octanol–water partition coefficient (Wildman–Crippen LogP) is 0.346. The largest absolute Gasteiger partial charge is 0.359 e. The summed E-state index contributed by atoms with van der Waals surface area (Å²) in [6.45, 7) is 4.02. The van der Waals surface area contributed by atoms with Crippen molar-refractivity contribution in [2.24, 2.45) is 17.6 Å². The maximum atomic E-state index is 12.0. The lowest BCUT2D eigenvalue weighted by molar-refractivity contribution is -0.135. The molecular weight excluding hydrogens is 230 g/mol. The van der Waals surface area contributed by atoms with E-state index in [0.717, 1.165) is 25.8 Å². The highest BCUT2D eigenvalue weighted by atomic mass is 16.2. The molecule has 0 bridgehead atoms. The van der Waals surface area contributed by atoms with Crippen LogP contribution in [-0.4, -0.2) is 43.4 Å². The highest BCUT2D eigenvalue weighted by Gasteiger charge is 2.27. The van der Waals surface area contributed by atoms with Crippen molar-refractivity contribution in [3.05, 3.63) is 0 Å². The molecule has 0 aromatic rings. The summed E-state index contributed by atoms with van der Waals surface area (Å²) < 4.78 is 0. The van der Waals surface area contributed by atoms with E-state index in [1.54, 1.807) is 7.05 Å². The first kappa shape index (κ1) is 15.0. The zero-order valence-electron chi connectivity index (χ0n) is 11.4. The van der Waals surface area contributed by atoms with E-state index in [9.17, 15) is 9.59 Å². The standard InChI is InChI=1S/C13H25N3O2/c1-10(8-14)5-6-12(17)16-7-3-4-11(9-16)13(18)15-2/h10-11H,3-9,14H2,1-2H3,(H,15,18). The van der Waals surface area contributed by atoms with Gasteiger partial charge in [-0.25, -0.2) is 0 Å². The summed E-state index contributed by atoms with van der Waals surface area (Å²) >= 11 is 0. The lowest BCUT2D eigenvalue weighted by Gasteiger charge is -2.32. The maximum Gasteiger partial charge on any atom is 0.224 e. The van der Waals surface area contributed by atoms with Gasteiger partial charge in [0.2, 0.25) is 11.8 Å². The molecule has 1 aliphatic rings. The highest BCUT2D eigenvalue weighted by Crippen LogP contribution is 2.18. The molecule has 18 heavy (non-hydrogen) atoms. The molecule has 1 saturated heterocycles. The lowest BCUT2D eigenvalue weighted by atomic mass is 9.96. The summed E-state index contributed by atoms with van der Waals surface area (Å²) in [7, 11) is 1.64. The maximum absolute atomic E-state index is 12.0. The van der Waals surface area contributed by atoms with E-state index in [1.165, 1.54) is 0 Å². The number of likely N-dealkylation sites (tertiary alicyclic amines) is 1. The first-order chi connectivity index (χ1) is 8.58. The van der Waals surface area contributed by atoms with Crippen molar-refractivity contribution in [2.45, 2.75) is 32.6 Å². The van der Waals surface area contributed by atoms with Gasteiger partial charge in [-0.05, 0) is 31.7 Å². The molecule has 2 unspecified atom stereocenters. The van der Waals surface area contributed by atoms with Crippen molar-refractivity contribution >= 4 is 11.8 Å². The Morgan fingerprint density at radius 2 is 2.22 bits per heavy atom. The monoisotopic (exact) mass is 255 g/mol. The van der Waals surface area contributed by atoms with E-state index in [4.69, 9.17) is 5.73 Å². The van der Waals surface area contributed by atoms with Crippen molar-refractivity contribution < 1.29 is 9.59 Å². The number of carbonyl (C=O) groups excluding carboxylic acids is 2. The van der Waals surface area contributed by atoms with Crippen LogP contribution < -0.4 is 11.1 Å². The number of piperidine rings is 1. The fraction of sp³-hybridized carbons (Fsp3) is 0.846. The second kappa shape index (κ2) is 7.36. The Labute approximate surface area is 109 Å². The number of nitrogens with two attached hydrogens (primary N) is 1. The summed E-state index contributed by atoms with van der Waals surface area (Å²) in [6, 6.07) is 0. The van der Waals surface area contributed by atoms with Gasteiger partial charge in [-0.15, -0.1) is 0 Å². The fourth-order valence-electron chi connectivity index (χ4n) is 2.27. The first-order valence-corrected chi connectivity index (χ1v) is 6.78. The van der Waals surface area contributed by atoms with Crippen LogP contribution in [0.5, 0.6) is 0 Å². The van der Waals surface area contributed by atoms with Crippen molar-refractivity contribution in [2.75, 3.05) is 26.7 Å². The summed E-state index contributed by atoms with van der Waals surface area (Å²) in [5.41, 5.74) is 5.54. The van der Waals surface area contributed by atoms with Crippen LogP contribution in [0.25, 0.3) is 0 Å². The molecule has 0 saturated carbocycles. The molecule has 0 spiro atoms. The minimum absolute atomic E-state index is 0.0420. The number of rotatable bonds is 5. The molecule has 5 heteroatoms. The van der Waals surface area contributed by atoms with Gasteiger partial charge in [0.05, 0.1) is 5.92 Å². The number of hydrogen-bond acceptors (Lipinski definition) is 3.